The molecule has 0 saturated carbocycles. The van der Waals surface area contributed by atoms with E-state index in [1.54, 1.807) is 23.0 Å². The van der Waals surface area contributed by atoms with Gasteiger partial charge in [0.15, 0.2) is 4.77 Å². The van der Waals surface area contributed by atoms with Crippen LogP contribution in [-0.2, 0) is 6.54 Å². The predicted molar refractivity (Wildman–Crippen MR) is 81.5 cm³/mol. The smallest absolute Gasteiger partial charge is 0.262 e. The van der Waals surface area contributed by atoms with Crippen molar-refractivity contribution >= 4 is 23.1 Å². The van der Waals surface area contributed by atoms with Gasteiger partial charge in [-0.25, -0.2) is 0 Å². The fraction of sp³-hybridized carbons (Fsp3) is 0.133. The third-order valence-corrected chi connectivity index (χ3v) is 3.68. The van der Waals surface area contributed by atoms with Crippen LogP contribution in [0.25, 0.3) is 10.9 Å². The summed E-state index contributed by atoms with van der Waals surface area (Å²) < 4.78 is 2.02. The molecule has 4 nitrogen and oxygen atoms in total. The number of rotatable bonds is 2. The van der Waals surface area contributed by atoms with E-state index in [4.69, 9.17) is 12.2 Å². The lowest BCUT2D eigenvalue weighted by atomic mass is 10.1. The predicted octanol–water partition coefficient (Wildman–Crippen LogP) is 2.81. The molecule has 3 rings (SSSR count). The van der Waals surface area contributed by atoms with Crippen LogP contribution in [0.4, 0.5) is 0 Å². The van der Waals surface area contributed by atoms with E-state index < -0.39 is 0 Å². The number of aryl methyl sites for hydroxylation is 1. The molecule has 2 heterocycles. The molecule has 0 atom stereocenters. The van der Waals surface area contributed by atoms with Crippen LogP contribution in [0.5, 0.6) is 0 Å². The molecule has 2 aromatic heterocycles. The minimum absolute atomic E-state index is 0.0689. The monoisotopic (exact) mass is 283 g/mol. The number of pyridine rings is 1. The number of nitrogens with one attached hydrogen (secondary N) is 1. The van der Waals surface area contributed by atoms with Gasteiger partial charge >= 0.3 is 0 Å². The van der Waals surface area contributed by atoms with E-state index in [0.717, 1.165) is 16.6 Å². The lowest BCUT2D eigenvalue weighted by Gasteiger charge is -2.09. The Kier molecular flexibility index (Phi) is 3.20. The number of hydrogen-bond acceptors (Lipinski definition) is 3. The normalized spacial score (nSPS) is 10.8. The minimum Gasteiger partial charge on any atom is -0.332 e. The zero-order valence-corrected chi connectivity index (χ0v) is 11.8. The molecule has 0 radical (unpaired) electrons. The van der Waals surface area contributed by atoms with Crippen LogP contribution in [0, 0.1) is 11.7 Å². The second-order valence-electron chi connectivity index (χ2n) is 4.67. The molecule has 0 unspecified atom stereocenters. The molecule has 0 fully saturated rings. The first-order valence-corrected chi connectivity index (χ1v) is 6.69. The lowest BCUT2D eigenvalue weighted by Crippen LogP contribution is -2.23. The summed E-state index contributed by atoms with van der Waals surface area (Å²) >= 11 is 5.30. The molecule has 0 aliphatic rings. The molecule has 0 aliphatic carbocycles. The summed E-state index contributed by atoms with van der Waals surface area (Å²) in [7, 11) is 0. The topological polar surface area (TPSA) is 50.7 Å². The maximum Gasteiger partial charge on any atom is 0.262 e. The van der Waals surface area contributed by atoms with Crippen LogP contribution in [0.3, 0.4) is 0 Å². The molecule has 20 heavy (non-hydrogen) atoms. The summed E-state index contributed by atoms with van der Waals surface area (Å²) in [6, 6.07) is 9.30. The van der Waals surface area contributed by atoms with Crippen molar-refractivity contribution in [2.75, 3.05) is 0 Å². The first-order chi connectivity index (χ1) is 9.66. The van der Waals surface area contributed by atoms with Gasteiger partial charge in [0.05, 0.1) is 17.4 Å². The summed E-state index contributed by atoms with van der Waals surface area (Å²) in [5, 5.41) is 0.646. The number of H-pyrrole nitrogens is 1. The number of para-hydroxylation sites is 1. The van der Waals surface area contributed by atoms with Gasteiger partial charge in [0.25, 0.3) is 5.56 Å². The standard InChI is InChI=1S/C15H13N3OS/c1-10-8-16-7-6-11(10)9-18-14(19)12-4-2-3-5-13(12)17-15(18)20/h2-8H,9H2,1H3,(H,17,20). The number of aromatic nitrogens is 3. The van der Waals surface area contributed by atoms with Crippen LogP contribution in [-0.4, -0.2) is 14.5 Å². The quantitative estimate of drug-likeness (QED) is 0.736. The summed E-state index contributed by atoms with van der Waals surface area (Å²) in [6.45, 7) is 2.43. The summed E-state index contributed by atoms with van der Waals surface area (Å²) in [5.74, 6) is 0. The minimum atomic E-state index is -0.0689. The van der Waals surface area contributed by atoms with E-state index in [2.05, 4.69) is 9.97 Å². The van der Waals surface area contributed by atoms with Gasteiger partial charge in [-0.3, -0.25) is 14.3 Å². The Labute approximate surface area is 120 Å². The molecule has 3 aromatic rings. The highest BCUT2D eigenvalue weighted by Gasteiger charge is 2.07. The third kappa shape index (κ3) is 2.16. The van der Waals surface area contributed by atoms with Crippen molar-refractivity contribution < 1.29 is 0 Å². The maximum absolute atomic E-state index is 12.5. The van der Waals surface area contributed by atoms with E-state index >= 15 is 0 Å². The average Bonchev–Trinajstić information content (AvgIpc) is 2.45. The average molecular weight is 283 g/mol. The second-order valence-corrected chi connectivity index (χ2v) is 5.06. The second kappa shape index (κ2) is 5.02. The van der Waals surface area contributed by atoms with Crippen molar-refractivity contribution in [2.24, 2.45) is 0 Å². The van der Waals surface area contributed by atoms with Crippen molar-refractivity contribution in [3.63, 3.8) is 0 Å². The van der Waals surface area contributed by atoms with E-state index in [1.165, 1.54) is 0 Å². The van der Waals surface area contributed by atoms with Crippen LogP contribution >= 0.6 is 12.2 Å². The van der Waals surface area contributed by atoms with Crippen molar-refractivity contribution in [1.29, 1.82) is 0 Å². The fourth-order valence-corrected chi connectivity index (χ4v) is 2.45. The summed E-state index contributed by atoms with van der Waals surface area (Å²) in [6.07, 6.45) is 3.51. The van der Waals surface area contributed by atoms with Crippen molar-refractivity contribution in [1.82, 2.24) is 14.5 Å². The Morgan fingerprint density at radius 3 is 2.90 bits per heavy atom. The summed E-state index contributed by atoms with van der Waals surface area (Å²) in [5.41, 5.74) is 2.78. The van der Waals surface area contributed by atoms with Gasteiger partial charge in [-0.1, -0.05) is 12.1 Å². The number of aromatic amines is 1. The lowest BCUT2D eigenvalue weighted by molar-refractivity contribution is 0.729. The van der Waals surface area contributed by atoms with Crippen LogP contribution < -0.4 is 5.56 Å². The zero-order valence-electron chi connectivity index (χ0n) is 11.0. The highest BCUT2D eigenvalue weighted by molar-refractivity contribution is 7.71. The molecule has 100 valence electrons. The van der Waals surface area contributed by atoms with Crippen LogP contribution in [0.15, 0.2) is 47.5 Å². The van der Waals surface area contributed by atoms with Crippen molar-refractivity contribution in [2.45, 2.75) is 13.5 Å². The Bertz CT molecular complexity index is 895. The molecular formula is C15H13N3OS. The van der Waals surface area contributed by atoms with E-state index in [9.17, 15) is 4.79 Å². The highest BCUT2D eigenvalue weighted by Crippen LogP contribution is 2.09. The van der Waals surface area contributed by atoms with E-state index in [0.29, 0.717) is 16.7 Å². The van der Waals surface area contributed by atoms with Gasteiger partial charge in [0.2, 0.25) is 0 Å². The molecule has 1 aromatic carbocycles. The van der Waals surface area contributed by atoms with Crippen LogP contribution in [0.2, 0.25) is 0 Å². The number of benzene rings is 1. The van der Waals surface area contributed by atoms with Crippen LogP contribution in [0.1, 0.15) is 11.1 Å². The molecule has 0 bridgehead atoms. The van der Waals surface area contributed by atoms with Gasteiger partial charge < -0.3 is 4.98 Å². The van der Waals surface area contributed by atoms with Crippen molar-refractivity contribution in [3.05, 3.63) is 69.0 Å². The molecular weight excluding hydrogens is 270 g/mol. The van der Waals surface area contributed by atoms with E-state index in [-0.39, 0.29) is 5.56 Å². The Morgan fingerprint density at radius 1 is 1.30 bits per heavy atom. The molecule has 1 N–H and O–H groups in total. The van der Waals surface area contributed by atoms with Gasteiger partial charge in [-0.2, -0.15) is 0 Å². The largest absolute Gasteiger partial charge is 0.332 e. The Morgan fingerprint density at radius 2 is 2.10 bits per heavy atom. The Hall–Kier alpha value is -2.27. The van der Waals surface area contributed by atoms with E-state index in [1.807, 2.05) is 31.2 Å². The zero-order chi connectivity index (χ0) is 14.1. The third-order valence-electron chi connectivity index (χ3n) is 3.35. The first-order valence-electron chi connectivity index (χ1n) is 6.28. The van der Waals surface area contributed by atoms with Gasteiger partial charge in [-0.15, -0.1) is 0 Å². The Balaban J connectivity index is 2.20. The first kappa shape index (κ1) is 12.7. The molecule has 0 aliphatic heterocycles. The van der Waals surface area contributed by atoms with Gasteiger partial charge in [0, 0.05) is 12.4 Å². The molecule has 0 spiro atoms. The SMILES string of the molecule is Cc1cnccc1Cn1c(=S)[nH]c2ccccc2c1=O. The molecule has 0 amide bonds. The van der Waals surface area contributed by atoms with Gasteiger partial charge in [0.1, 0.15) is 0 Å². The summed E-state index contributed by atoms with van der Waals surface area (Å²) in [4.78, 5) is 19.7. The molecule has 0 saturated heterocycles. The van der Waals surface area contributed by atoms with Crippen molar-refractivity contribution in [3.8, 4) is 0 Å². The number of hydrogen-bond donors (Lipinski definition) is 1. The van der Waals surface area contributed by atoms with Gasteiger partial charge in [-0.05, 0) is 48.5 Å². The fourth-order valence-electron chi connectivity index (χ4n) is 2.19. The number of nitrogens with zero attached hydrogens (tertiary/aromatic N) is 2. The maximum atomic E-state index is 12.5. The molecule has 5 heteroatoms. The number of fused-ring (bicyclic) bond motifs is 1. The highest BCUT2D eigenvalue weighted by atomic mass is 32.1.